The zero-order valence-electron chi connectivity index (χ0n) is 19.8. The second kappa shape index (κ2) is 11.4. The Morgan fingerprint density at radius 1 is 0.971 bits per heavy atom. The normalized spacial score (nSPS) is 12.0. The molecule has 3 rings (SSSR count). The highest BCUT2D eigenvalue weighted by Gasteiger charge is 2.19. The number of nitrogens with zero attached hydrogens (tertiary/aromatic N) is 1. The molecular formula is C26H28ClN3O4S. The third-order valence-corrected chi connectivity index (χ3v) is 6.82. The van der Waals surface area contributed by atoms with Crippen molar-refractivity contribution >= 4 is 44.8 Å². The molecule has 35 heavy (non-hydrogen) atoms. The van der Waals surface area contributed by atoms with Gasteiger partial charge in [0, 0.05) is 16.6 Å². The van der Waals surface area contributed by atoms with Crippen molar-refractivity contribution in [2.24, 2.45) is 0 Å². The number of sulfonamides is 1. The Morgan fingerprint density at radius 2 is 1.66 bits per heavy atom. The number of carbonyl (C=O) groups is 2. The Labute approximate surface area is 211 Å². The largest absolute Gasteiger partial charge is 0.350 e. The van der Waals surface area contributed by atoms with E-state index in [1.807, 2.05) is 13.8 Å². The van der Waals surface area contributed by atoms with Gasteiger partial charge in [-0.1, -0.05) is 48.9 Å². The molecule has 3 aromatic carbocycles. The zero-order chi connectivity index (χ0) is 25.6. The highest BCUT2D eigenvalue weighted by atomic mass is 35.5. The second-order valence-electron chi connectivity index (χ2n) is 8.23. The van der Waals surface area contributed by atoms with Crippen molar-refractivity contribution in [1.82, 2.24) is 5.32 Å². The standard InChI is InChI=1S/C26H28ClN3O4S/c1-4-18(2)28-26(32)23-10-5-6-11-24(23)29-25(31)20-14-12-19(13-15-20)17-30(35(3,33)34)22-9-7-8-21(27)16-22/h5-16,18H,4,17H2,1-3H3,(H,28,32)(H,29,31)/t18-/m1/s1. The van der Waals surface area contributed by atoms with E-state index >= 15 is 0 Å². The molecule has 0 aliphatic carbocycles. The minimum atomic E-state index is -3.57. The number of nitrogens with one attached hydrogen (secondary N) is 2. The van der Waals surface area contributed by atoms with E-state index in [4.69, 9.17) is 11.6 Å². The molecule has 0 radical (unpaired) electrons. The second-order valence-corrected chi connectivity index (χ2v) is 10.6. The smallest absolute Gasteiger partial charge is 0.255 e. The summed E-state index contributed by atoms with van der Waals surface area (Å²) in [5.41, 5.74) is 2.31. The van der Waals surface area contributed by atoms with Crippen LogP contribution in [0.25, 0.3) is 0 Å². The van der Waals surface area contributed by atoms with Crippen LogP contribution < -0.4 is 14.9 Å². The number of para-hydroxylation sites is 1. The summed E-state index contributed by atoms with van der Waals surface area (Å²) in [4.78, 5) is 25.4. The van der Waals surface area contributed by atoms with Gasteiger partial charge in [0.15, 0.2) is 0 Å². The van der Waals surface area contributed by atoms with Gasteiger partial charge in [-0.05, 0) is 61.4 Å². The first-order chi connectivity index (χ1) is 16.6. The molecule has 0 unspecified atom stereocenters. The minimum absolute atomic E-state index is 0.0113. The summed E-state index contributed by atoms with van der Waals surface area (Å²) in [5.74, 6) is -0.636. The molecule has 0 aliphatic rings. The van der Waals surface area contributed by atoms with Gasteiger partial charge in [-0.3, -0.25) is 13.9 Å². The van der Waals surface area contributed by atoms with Gasteiger partial charge in [-0.15, -0.1) is 0 Å². The monoisotopic (exact) mass is 513 g/mol. The summed E-state index contributed by atoms with van der Waals surface area (Å²) in [5, 5.41) is 6.13. The molecular weight excluding hydrogens is 486 g/mol. The van der Waals surface area contributed by atoms with Crippen molar-refractivity contribution in [2.45, 2.75) is 32.9 Å². The van der Waals surface area contributed by atoms with Crippen molar-refractivity contribution in [3.63, 3.8) is 0 Å². The number of halogens is 1. The maximum atomic E-state index is 12.9. The van der Waals surface area contributed by atoms with Crippen LogP contribution in [0.3, 0.4) is 0 Å². The molecule has 9 heteroatoms. The maximum absolute atomic E-state index is 12.9. The first kappa shape index (κ1) is 26.2. The van der Waals surface area contributed by atoms with Crippen molar-refractivity contribution in [1.29, 1.82) is 0 Å². The zero-order valence-corrected chi connectivity index (χ0v) is 21.4. The fraction of sp³-hybridized carbons (Fsp3) is 0.231. The van der Waals surface area contributed by atoms with Crippen LogP contribution in [-0.2, 0) is 16.6 Å². The molecule has 7 nitrogen and oxygen atoms in total. The molecule has 0 bridgehead atoms. The van der Waals surface area contributed by atoms with Gasteiger partial charge in [0.2, 0.25) is 10.0 Å². The number of anilines is 2. The number of hydrogen-bond donors (Lipinski definition) is 2. The van der Waals surface area contributed by atoms with Crippen LogP contribution in [0.2, 0.25) is 5.02 Å². The van der Waals surface area contributed by atoms with Crippen molar-refractivity contribution in [3.8, 4) is 0 Å². The number of rotatable bonds is 9. The van der Waals surface area contributed by atoms with Crippen LogP contribution in [0.5, 0.6) is 0 Å². The molecule has 184 valence electrons. The number of carbonyl (C=O) groups excluding carboxylic acids is 2. The van der Waals surface area contributed by atoms with E-state index < -0.39 is 10.0 Å². The lowest BCUT2D eigenvalue weighted by Gasteiger charge is -2.23. The Balaban J connectivity index is 1.76. The Bertz CT molecular complexity index is 1310. The summed E-state index contributed by atoms with van der Waals surface area (Å²) in [7, 11) is -3.57. The minimum Gasteiger partial charge on any atom is -0.350 e. The average molecular weight is 514 g/mol. The highest BCUT2D eigenvalue weighted by Crippen LogP contribution is 2.24. The molecule has 0 saturated heterocycles. The summed E-state index contributed by atoms with van der Waals surface area (Å²) in [6.07, 6.45) is 1.92. The Kier molecular flexibility index (Phi) is 8.53. The van der Waals surface area contributed by atoms with E-state index in [9.17, 15) is 18.0 Å². The summed E-state index contributed by atoms with van der Waals surface area (Å²) in [6.45, 7) is 3.98. The molecule has 1 atom stereocenters. The van der Waals surface area contributed by atoms with Crippen LogP contribution in [0, 0.1) is 0 Å². The highest BCUT2D eigenvalue weighted by molar-refractivity contribution is 7.92. The number of benzene rings is 3. The van der Waals surface area contributed by atoms with Gasteiger partial charge in [-0.2, -0.15) is 0 Å². The Hall–Kier alpha value is -3.36. The quantitative estimate of drug-likeness (QED) is 0.416. The van der Waals surface area contributed by atoms with E-state index in [1.165, 1.54) is 4.31 Å². The van der Waals surface area contributed by atoms with E-state index in [1.54, 1.807) is 72.8 Å². The van der Waals surface area contributed by atoms with E-state index in [-0.39, 0.29) is 24.4 Å². The van der Waals surface area contributed by atoms with Crippen LogP contribution in [-0.4, -0.2) is 32.5 Å². The predicted octanol–water partition coefficient (Wildman–Crippen LogP) is 5.09. The summed E-state index contributed by atoms with van der Waals surface area (Å²) in [6, 6.07) is 20.1. The van der Waals surface area contributed by atoms with Crippen LogP contribution >= 0.6 is 11.6 Å². The van der Waals surface area contributed by atoms with Gasteiger partial charge in [0.1, 0.15) is 0 Å². The lowest BCUT2D eigenvalue weighted by Crippen LogP contribution is -2.32. The first-order valence-electron chi connectivity index (χ1n) is 11.1. The molecule has 3 aromatic rings. The number of amides is 2. The van der Waals surface area contributed by atoms with Crippen molar-refractivity contribution < 1.29 is 18.0 Å². The molecule has 2 amide bonds. The van der Waals surface area contributed by atoms with Gasteiger partial charge >= 0.3 is 0 Å². The summed E-state index contributed by atoms with van der Waals surface area (Å²) >= 11 is 6.04. The van der Waals surface area contributed by atoms with E-state index in [0.717, 1.165) is 12.7 Å². The Morgan fingerprint density at radius 3 is 2.29 bits per heavy atom. The van der Waals surface area contributed by atoms with Gasteiger partial charge in [0.25, 0.3) is 11.8 Å². The molecule has 0 heterocycles. The molecule has 0 aliphatic heterocycles. The van der Waals surface area contributed by atoms with E-state index in [2.05, 4.69) is 10.6 Å². The van der Waals surface area contributed by atoms with Gasteiger partial charge < -0.3 is 10.6 Å². The predicted molar refractivity (Wildman–Crippen MR) is 141 cm³/mol. The van der Waals surface area contributed by atoms with Crippen LogP contribution in [0.15, 0.2) is 72.8 Å². The van der Waals surface area contributed by atoms with Crippen LogP contribution in [0.1, 0.15) is 46.5 Å². The SMILES string of the molecule is CC[C@@H](C)NC(=O)c1ccccc1NC(=O)c1ccc(CN(c2cccc(Cl)c2)S(C)(=O)=O)cc1. The first-order valence-corrected chi connectivity index (χ1v) is 13.3. The lowest BCUT2D eigenvalue weighted by molar-refractivity contribution is 0.0940. The van der Waals surface area contributed by atoms with E-state index in [0.29, 0.717) is 33.1 Å². The maximum Gasteiger partial charge on any atom is 0.255 e. The van der Waals surface area contributed by atoms with Gasteiger partial charge in [-0.25, -0.2) is 8.42 Å². The fourth-order valence-electron chi connectivity index (χ4n) is 3.35. The molecule has 2 N–H and O–H groups in total. The van der Waals surface area contributed by atoms with Crippen molar-refractivity contribution in [2.75, 3.05) is 15.9 Å². The topological polar surface area (TPSA) is 95.6 Å². The lowest BCUT2D eigenvalue weighted by atomic mass is 10.1. The van der Waals surface area contributed by atoms with Crippen LogP contribution in [0.4, 0.5) is 11.4 Å². The summed E-state index contributed by atoms with van der Waals surface area (Å²) < 4.78 is 26.0. The number of hydrogen-bond acceptors (Lipinski definition) is 4. The molecule has 0 saturated carbocycles. The molecule has 0 fully saturated rings. The molecule has 0 spiro atoms. The molecule has 0 aromatic heterocycles. The third kappa shape index (κ3) is 7.07. The van der Waals surface area contributed by atoms with Crippen molar-refractivity contribution in [3.05, 3.63) is 94.5 Å². The third-order valence-electron chi connectivity index (χ3n) is 5.45. The van der Waals surface area contributed by atoms with Gasteiger partial charge in [0.05, 0.1) is 29.7 Å². The fourth-order valence-corrected chi connectivity index (χ4v) is 4.41. The average Bonchev–Trinajstić information content (AvgIpc) is 2.82.